The molecule has 1 aliphatic carbocycles. The number of benzene rings is 1. The number of fused-ring (bicyclic) bond motifs is 1. The van der Waals surface area contributed by atoms with Gasteiger partial charge in [0.15, 0.2) is 0 Å². The molecule has 0 amide bonds. The molecule has 1 unspecified atom stereocenters. The standard InChI is InChI=1S/C18H25NOS/c1-3-12-19-17(18(20-2)10-4-5-11-18)15-8-6-7-14-9-13-21-16(14)15/h6-9,13,17,19H,3-5,10-12H2,1-2H3. The van der Waals surface area contributed by atoms with Gasteiger partial charge in [-0.3, -0.25) is 0 Å². The van der Waals surface area contributed by atoms with Crippen LogP contribution in [0.15, 0.2) is 29.6 Å². The lowest BCUT2D eigenvalue weighted by atomic mass is 9.86. The molecular formula is C18H25NOS. The third-order valence-electron chi connectivity index (χ3n) is 4.80. The van der Waals surface area contributed by atoms with Gasteiger partial charge in [0, 0.05) is 11.8 Å². The average molecular weight is 303 g/mol. The topological polar surface area (TPSA) is 21.3 Å². The van der Waals surface area contributed by atoms with Crippen LogP contribution in [0.4, 0.5) is 0 Å². The fraction of sp³-hybridized carbons (Fsp3) is 0.556. The fourth-order valence-corrected chi connectivity index (χ4v) is 4.64. The van der Waals surface area contributed by atoms with Crippen LogP contribution in [-0.4, -0.2) is 19.3 Å². The first-order chi connectivity index (χ1) is 10.3. The summed E-state index contributed by atoms with van der Waals surface area (Å²) in [6, 6.07) is 9.19. The monoisotopic (exact) mass is 303 g/mol. The second-order valence-corrected chi connectivity index (χ2v) is 6.97. The van der Waals surface area contributed by atoms with Crippen LogP contribution in [0.1, 0.15) is 50.6 Å². The van der Waals surface area contributed by atoms with E-state index in [0.29, 0.717) is 6.04 Å². The summed E-state index contributed by atoms with van der Waals surface area (Å²) in [5.41, 5.74) is 1.38. The van der Waals surface area contributed by atoms with Gasteiger partial charge in [0.2, 0.25) is 0 Å². The zero-order valence-electron chi connectivity index (χ0n) is 13.0. The van der Waals surface area contributed by atoms with Gasteiger partial charge in [-0.25, -0.2) is 0 Å². The Morgan fingerprint density at radius 2 is 2.10 bits per heavy atom. The van der Waals surface area contributed by atoms with E-state index >= 15 is 0 Å². The van der Waals surface area contributed by atoms with E-state index in [1.54, 1.807) is 0 Å². The van der Waals surface area contributed by atoms with Gasteiger partial charge in [0.1, 0.15) is 0 Å². The van der Waals surface area contributed by atoms with Crippen molar-refractivity contribution in [2.24, 2.45) is 0 Å². The van der Waals surface area contributed by atoms with Crippen LogP contribution in [-0.2, 0) is 4.74 Å². The molecule has 0 saturated heterocycles. The molecule has 1 aliphatic rings. The smallest absolute Gasteiger partial charge is 0.0873 e. The van der Waals surface area contributed by atoms with Crippen LogP contribution in [0.5, 0.6) is 0 Å². The highest BCUT2D eigenvalue weighted by Crippen LogP contribution is 2.44. The third-order valence-corrected chi connectivity index (χ3v) is 5.78. The van der Waals surface area contributed by atoms with E-state index in [-0.39, 0.29) is 5.60 Å². The van der Waals surface area contributed by atoms with Crippen molar-refractivity contribution in [2.45, 2.75) is 50.7 Å². The molecule has 0 bridgehead atoms. The van der Waals surface area contributed by atoms with Gasteiger partial charge in [-0.1, -0.05) is 38.0 Å². The quantitative estimate of drug-likeness (QED) is 0.819. The van der Waals surface area contributed by atoms with Crippen molar-refractivity contribution in [3.05, 3.63) is 35.2 Å². The summed E-state index contributed by atoms with van der Waals surface area (Å²) in [6.07, 6.45) is 6.02. The highest BCUT2D eigenvalue weighted by molar-refractivity contribution is 7.17. The maximum absolute atomic E-state index is 6.08. The summed E-state index contributed by atoms with van der Waals surface area (Å²) in [5, 5.41) is 7.33. The molecule has 0 aliphatic heterocycles. The summed E-state index contributed by atoms with van der Waals surface area (Å²) in [6.45, 7) is 3.27. The van der Waals surface area contributed by atoms with Gasteiger partial charge in [-0.05, 0) is 48.2 Å². The van der Waals surface area contributed by atoms with Crippen molar-refractivity contribution in [2.75, 3.05) is 13.7 Å². The van der Waals surface area contributed by atoms with Crippen LogP contribution in [0, 0.1) is 0 Å². The summed E-state index contributed by atoms with van der Waals surface area (Å²) in [4.78, 5) is 0. The van der Waals surface area contributed by atoms with Crippen molar-refractivity contribution in [1.29, 1.82) is 0 Å². The van der Waals surface area contributed by atoms with E-state index in [2.05, 4.69) is 41.9 Å². The largest absolute Gasteiger partial charge is 0.376 e. The van der Waals surface area contributed by atoms with Gasteiger partial charge >= 0.3 is 0 Å². The molecule has 0 spiro atoms. The Kier molecular flexibility index (Phi) is 4.63. The van der Waals surface area contributed by atoms with Crippen molar-refractivity contribution in [1.82, 2.24) is 5.32 Å². The minimum atomic E-state index is -0.0343. The Balaban J connectivity index is 2.04. The zero-order chi connectivity index (χ0) is 14.7. The molecule has 1 aromatic carbocycles. The minimum Gasteiger partial charge on any atom is -0.376 e. The van der Waals surface area contributed by atoms with Crippen molar-refractivity contribution >= 4 is 21.4 Å². The number of thiophene rings is 1. The predicted molar refractivity (Wildman–Crippen MR) is 91.1 cm³/mol. The first-order valence-electron chi connectivity index (χ1n) is 8.05. The van der Waals surface area contributed by atoms with Crippen molar-refractivity contribution in [3.63, 3.8) is 0 Å². The molecule has 114 valence electrons. The third kappa shape index (κ3) is 2.75. The molecule has 3 heteroatoms. The van der Waals surface area contributed by atoms with Crippen LogP contribution >= 0.6 is 11.3 Å². The maximum atomic E-state index is 6.08. The van der Waals surface area contributed by atoms with E-state index in [0.717, 1.165) is 25.8 Å². The Hall–Kier alpha value is -0.900. The molecular weight excluding hydrogens is 278 g/mol. The zero-order valence-corrected chi connectivity index (χ0v) is 13.8. The van der Waals surface area contributed by atoms with E-state index in [1.165, 1.54) is 28.5 Å². The lowest BCUT2D eigenvalue weighted by Crippen LogP contribution is -2.43. The van der Waals surface area contributed by atoms with Crippen LogP contribution in [0.3, 0.4) is 0 Å². The second kappa shape index (κ2) is 6.47. The average Bonchev–Trinajstić information content (AvgIpc) is 3.17. The Morgan fingerprint density at radius 3 is 2.81 bits per heavy atom. The number of rotatable bonds is 6. The van der Waals surface area contributed by atoms with Crippen LogP contribution in [0.2, 0.25) is 0 Å². The van der Waals surface area contributed by atoms with Crippen LogP contribution in [0.25, 0.3) is 10.1 Å². The Bertz CT molecular complexity index is 586. The van der Waals surface area contributed by atoms with E-state index < -0.39 is 0 Å². The molecule has 1 saturated carbocycles. The maximum Gasteiger partial charge on any atom is 0.0873 e. The lowest BCUT2D eigenvalue weighted by Gasteiger charge is -2.37. The number of hydrogen-bond donors (Lipinski definition) is 1. The fourth-order valence-electron chi connectivity index (χ4n) is 3.70. The number of nitrogens with one attached hydrogen (secondary N) is 1. The lowest BCUT2D eigenvalue weighted by molar-refractivity contribution is -0.0363. The van der Waals surface area contributed by atoms with E-state index in [4.69, 9.17) is 4.74 Å². The first-order valence-corrected chi connectivity index (χ1v) is 8.93. The molecule has 1 aromatic heterocycles. The molecule has 3 rings (SSSR count). The summed E-state index contributed by atoms with van der Waals surface area (Å²) >= 11 is 1.85. The van der Waals surface area contributed by atoms with Gasteiger partial charge < -0.3 is 10.1 Å². The summed E-state index contributed by atoms with van der Waals surface area (Å²) < 4.78 is 7.49. The molecule has 1 fully saturated rings. The molecule has 2 nitrogen and oxygen atoms in total. The Labute approximate surface area is 131 Å². The molecule has 1 atom stereocenters. The minimum absolute atomic E-state index is 0.0343. The SMILES string of the molecule is CCCNC(c1cccc2ccsc12)C1(OC)CCCC1. The molecule has 1 N–H and O–H groups in total. The molecule has 0 radical (unpaired) electrons. The predicted octanol–water partition coefficient (Wildman–Crippen LogP) is 4.90. The summed E-state index contributed by atoms with van der Waals surface area (Å²) in [7, 11) is 1.89. The van der Waals surface area contributed by atoms with Crippen molar-refractivity contribution < 1.29 is 4.74 Å². The normalized spacial score (nSPS) is 19.1. The van der Waals surface area contributed by atoms with Crippen molar-refractivity contribution in [3.8, 4) is 0 Å². The molecule has 2 aromatic rings. The number of hydrogen-bond acceptors (Lipinski definition) is 3. The van der Waals surface area contributed by atoms with E-state index in [9.17, 15) is 0 Å². The van der Waals surface area contributed by atoms with Gasteiger partial charge in [-0.2, -0.15) is 0 Å². The number of ether oxygens (including phenoxy) is 1. The second-order valence-electron chi connectivity index (χ2n) is 6.05. The van der Waals surface area contributed by atoms with Gasteiger partial charge in [-0.15, -0.1) is 11.3 Å². The van der Waals surface area contributed by atoms with E-state index in [1.807, 2.05) is 18.4 Å². The number of methoxy groups -OCH3 is 1. The first kappa shape index (κ1) is 15.0. The van der Waals surface area contributed by atoms with Gasteiger partial charge in [0.25, 0.3) is 0 Å². The summed E-state index contributed by atoms with van der Waals surface area (Å²) in [5.74, 6) is 0. The Morgan fingerprint density at radius 1 is 1.29 bits per heavy atom. The van der Waals surface area contributed by atoms with Gasteiger partial charge in [0.05, 0.1) is 11.6 Å². The highest BCUT2D eigenvalue weighted by Gasteiger charge is 2.42. The molecule has 1 heterocycles. The van der Waals surface area contributed by atoms with Crippen LogP contribution < -0.4 is 5.32 Å². The molecule has 21 heavy (non-hydrogen) atoms. The highest BCUT2D eigenvalue weighted by atomic mass is 32.1.